The first-order valence-electron chi connectivity index (χ1n) is 41.0. The van der Waals surface area contributed by atoms with Crippen LogP contribution >= 0.6 is 0 Å². The number of ether oxygens (including phenoxy) is 4. The molecule has 0 aliphatic carbocycles. The Hall–Kier alpha value is -2.31. The Labute approximate surface area is 594 Å². The lowest BCUT2D eigenvalue weighted by Gasteiger charge is -2.46. The van der Waals surface area contributed by atoms with E-state index >= 15 is 0 Å². The summed E-state index contributed by atoms with van der Waals surface area (Å²) in [6, 6.07) is -0.829. The van der Waals surface area contributed by atoms with E-state index < -0.39 is 86.8 Å². The Balaban J connectivity index is 1.55. The van der Waals surface area contributed by atoms with Crippen molar-refractivity contribution in [3.8, 4) is 0 Å². The predicted octanol–water partition coefficient (Wildman–Crippen LogP) is 18.7. The molecule has 97 heavy (non-hydrogen) atoms. The summed E-state index contributed by atoms with van der Waals surface area (Å²) in [6.07, 6.45) is 74.2. The molecule has 2 aliphatic heterocycles. The van der Waals surface area contributed by atoms with Crippen LogP contribution in [0.3, 0.4) is 0 Å². The molecule has 2 heterocycles. The van der Waals surface area contributed by atoms with Crippen LogP contribution in [0.5, 0.6) is 0 Å². The molecule has 12 atom stereocenters. The summed E-state index contributed by atoms with van der Waals surface area (Å²) in [6.45, 7) is 2.81. The summed E-state index contributed by atoms with van der Waals surface area (Å²) in [5, 5.41) is 87.8. The highest BCUT2D eigenvalue weighted by Crippen LogP contribution is 2.30. The average Bonchev–Trinajstić information content (AvgIpc) is 0.794. The van der Waals surface area contributed by atoms with E-state index in [0.717, 1.165) is 83.5 Å². The van der Waals surface area contributed by atoms with E-state index in [1.807, 2.05) is 0 Å². The molecular weight excluding hydrogens is 1220 g/mol. The predicted molar refractivity (Wildman–Crippen MR) is 401 cm³/mol. The third-order valence-corrected chi connectivity index (χ3v) is 20.0. The van der Waals surface area contributed by atoms with Gasteiger partial charge in [0.15, 0.2) is 12.6 Å². The van der Waals surface area contributed by atoms with E-state index in [-0.39, 0.29) is 12.5 Å². The zero-order chi connectivity index (χ0) is 70.1. The number of rotatable bonds is 69. The Morgan fingerprint density at radius 3 is 1.09 bits per heavy atom. The molecule has 0 radical (unpaired) electrons. The Bertz CT molecular complexity index is 1860. The number of hydrogen-bond donors (Lipinski definition) is 9. The third-order valence-electron chi connectivity index (χ3n) is 20.0. The van der Waals surface area contributed by atoms with Gasteiger partial charge < -0.3 is 65.1 Å². The molecule has 0 aromatic heterocycles. The SMILES string of the molecule is CC/C=C\C/C=C\C/C=C\C/C=C\C/C=C\CCCCCCCCCCCCCCCCCCCCCCCCCCCC(=O)NC(COC1OC(CO)C(OC2OC(CO)C(O)C(O)C2O)C(O)C1O)C(O)CCCCCCCCCCCCCCCCCCCCCCCC. The van der Waals surface area contributed by atoms with Gasteiger partial charge in [-0.25, -0.2) is 0 Å². The standard InChI is InChI=1S/C83H153NO13/c1-3-5-7-9-11-13-15-17-19-21-23-25-27-28-29-30-31-32-33-34-35-36-37-38-39-40-41-42-43-44-45-47-49-51-53-55-57-59-61-63-65-67-75(88)84-71(70-94-82-80(93)78(91)81(74(69-86)96-82)97-83-79(92)77(90)76(89)73(68-85)95-83)72(87)66-64-62-60-58-56-54-52-50-48-46-26-24-22-20-18-16-14-12-10-8-6-4-2/h5,7,11,13,17,19,23,25,28-29,71-74,76-83,85-87,89-93H,3-4,6,8-10,12,14-16,18,20-22,24,26-27,30-70H2,1-2H3,(H,84,88)/b7-5-,13-11-,19-17-,25-23-,29-28-. The van der Waals surface area contributed by atoms with E-state index in [2.05, 4.69) is 79.9 Å². The van der Waals surface area contributed by atoms with Crippen molar-refractivity contribution in [1.29, 1.82) is 0 Å². The van der Waals surface area contributed by atoms with Crippen molar-refractivity contribution in [1.82, 2.24) is 5.32 Å². The lowest BCUT2D eigenvalue weighted by molar-refractivity contribution is -0.359. The van der Waals surface area contributed by atoms with Gasteiger partial charge >= 0.3 is 0 Å². The number of amides is 1. The maximum atomic E-state index is 13.4. The van der Waals surface area contributed by atoms with Crippen LogP contribution in [-0.2, 0) is 23.7 Å². The number of aliphatic hydroxyl groups excluding tert-OH is 8. The molecule has 12 unspecified atom stereocenters. The van der Waals surface area contributed by atoms with E-state index in [0.29, 0.717) is 12.8 Å². The highest BCUT2D eigenvalue weighted by Gasteiger charge is 2.51. The lowest BCUT2D eigenvalue weighted by atomic mass is 9.97. The van der Waals surface area contributed by atoms with Gasteiger partial charge in [-0.1, -0.05) is 364 Å². The molecule has 14 nitrogen and oxygen atoms in total. The second-order valence-corrected chi connectivity index (χ2v) is 28.9. The molecule has 0 spiro atoms. The van der Waals surface area contributed by atoms with Crippen LogP contribution in [0.1, 0.15) is 367 Å². The van der Waals surface area contributed by atoms with Gasteiger partial charge in [-0.3, -0.25) is 4.79 Å². The van der Waals surface area contributed by atoms with E-state index in [4.69, 9.17) is 18.9 Å². The third kappa shape index (κ3) is 49.9. The summed E-state index contributed by atoms with van der Waals surface area (Å²) in [5.41, 5.74) is 0. The first-order valence-corrected chi connectivity index (χ1v) is 41.0. The molecule has 14 heteroatoms. The number of carbonyl (C=O) groups is 1. The fraction of sp³-hybridized carbons (Fsp3) is 0.867. The van der Waals surface area contributed by atoms with Crippen LogP contribution in [0.25, 0.3) is 0 Å². The summed E-state index contributed by atoms with van der Waals surface area (Å²) in [5.74, 6) is -0.199. The van der Waals surface area contributed by atoms with Gasteiger partial charge in [-0.2, -0.15) is 0 Å². The number of aliphatic hydroxyl groups is 8. The number of nitrogens with one attached hydrogen (secondary N) is 1. The van der Waals surface area contributed by atoms with Crippen LogP contribution in [0, 0.1) is 0 Å². The summed E-state index contributed by atoms with van der Waals surface area (Å²) in [7, 11) is 0. The molecule has 0 bridgehead atoms. The van der Waals surface area contributed by atoms with Crippen molar-refractivity contribution < 1.29 is 64.6 Å². The highest BCUT2D eigenvalue weighted by atomic mass is 16.7. The molecule has 2 fully saturated rings. The van der Waals surface area contributed by atoms with Crippen LogP contribution < -0.4 is 5.32 Å². The fourth-order valence-electron chi connectivity index (χ4n) is 13.6. The maximum Gasteiger partial charge on any atom is 0.220 e. The van der Waals surface area contributed by atoms with Crippen LogP contribution in [0.2, 0.25) is 0 Å². The molecule has 568 valence electrons. The molecule has 0 aromatic rings. The Kier molecular flexibility index (Phi) is 62.6. The number of carbonyl (C=O) groups excluding carboxylic acids is 1. The molecule has 1 amide bonds. The van der Waals surface area contributed by atoms with Gasteiger partial charge in [0.2, 0.25) is 5.91 Å². The monoisotopic (exact) mass is 1370 g/mol. The van der Waals surface area contributed by atoms with Gasteiger partial charge in [0.1, 0.15) is 48.8 Å². The smallest absolute Gasteiger partial charge is 0.220 e. The van der Waals surface area contributed by atoms with Crippen molar-refractivity contribution in [3.05, 3.63) is 60.8 Å². The first kappa shape index (κ1) is 90.8. The molecule has 2 aliphatic rings. The van der Waals surface area contributed by atoms with E-state index in [1.54, 1.807) is 0 Å². The zero-order valence-corrected chi connectivity index (χ0v) is 62.3. The average molecular weight is 1370 g/mol. The van der Waals surface area contributed by atoms with Gasteiger partial charge in [0, 0.05) is 6.42 Å². The minimum Gasteiger partial charge on any atom is -0.394 e. The molecule has 9 N–H and O–H groups in total. The largest absolute Gasteiger partial charge is 0.394 e. The summed E-state index contributed by atoms with van der Waals surface area (Å²) < 4.78 is 23.0. The van der Waals surface area contributed by atoms with Crippen LogP contribution in [0.4, 0.5) is 0 Å². The van der Waals surface area contributed by atoms with Gasteiger partial charge in [0.05, 0.1) is 32.0 Å². The maximum absolute atomic E-state index is 13.4. The minimum atomic E-state index is -1.78. The zero-order valence-electron chi connectivity index (χ0n) is 62.3. The Morgan fingerprint density at radius 2 is 0.711 bits per heavy atom. The van der Waals surface area contributed by atoms with Gasteiger partial charge in [-0.15, -0.1) is 0 Å². The molecule has 2 saturated heterocycles. The molecule has 0 aromatic carbocycles. The van der Waals surface area contributed by atoms with Crippen molar-refractivity contribution in [2.45, 2.75) is 441 Å². The topological polar surface area (TPSA) is 228 Å². The van der Waals surface area contributed by atoms with Gasteiger partial charge in [0.25, 0.3) is 0 Å². The fourth-order valence-corrected chi connectivity index (χ4v) is 13.6. The number of hydrogen-bond acceptors (Lipinski definition) is 13. The quantitative estimate of drug-likeness (QED) is 0.0204. The van der Waals surface area contributed by atoms with Crippen molar-refractivity contribution in [3.63, 3.8) is 0 Å². The Morgan fingerprint density at radius 1 is 0.381 bits per heavy atom. The summed E-state index contributed by atoms with van der Waals surface area (Å²) >= 11 is 0. The minimum absolute atomic E-state index is 0.199. The van der Waals surface area contributed by atoms with Crippen molar-refractivity contribution in [2.24, 2.45) is 0 Å². The van der Waals surface area contributed by atoms with Crippen LogP contribution in [-0.4, -0.2) is 140 Å². The van der Waals surface area contributed by atoms with Gasteiger partial charge in [-0.05, 0) is 57.8 Å². The molecule has 0 saturated carbocycles. The van der Waals surface area contributed by atoms with E-state index in [1.165, 1.54) is 257 Å². The lowest BCUT2D eigenvalue weighted by Crippen LogP contribution is -2.65. The summed E-state index contributed by atoms with van der Waals surface area (Å²) in [4.78, 5) is 13.4. The highest BCUT2D eigenvalue weighted by molar-refractivity contribution is 5.76. The van der Waals surface area contributed by atoms with Crippen molar-refractivity contribution >= 4 is 5.91 Å². The van der Waals surface area contributed by atoms with Crippen molar-refractivity contribution in [2.75, 3.05) is 19.8 Å². The second kappa shape index (κ2) is 66.9. The number of allylic oxidation sites excluding steroid dienone is 10. The van der Waals surface area contributed by atoms with E-state index in [9.17, 15) is 45.6 Å². The van der Waals surface area contributed by atoms with Crippen LogP contribution in [0.15, 0.2) is 60.8 Å². The molecular formula is C83H153NO13. The second-order valence-electron chi connectivity index (χ2n) is 28.9. The normalized spacial score (nSPS) is 22.4. The molecule has 2 rings (SSSR count). The first-order chi connectivity index (χ1) is 47.6. The number of unbranched alkanes of at least 4 members (excludes halogenated alkanes) is 46.